The lowest BCUT2D eigenvalue weighted by Gasteiger charge is -2.17. The predicted octanol–water partition coefficient (Wildman–Crippen LogP) is 4.34. The highest BCUT2D eigenvalue weighted by molar-refractivity contribution is 5.78. The van der Waals surface area contributed by atoms with Crippen LogP contribution in [-0.4, -0.2) is 17.6 Å². The molecule has 1 aliphatic rings. The molecule has 0 aliphatic heterocycles. The third-order valence-corrected chi connectivity index (χ3v) is 4.45. The van der Waals surface area contributed by atoms with E-state index >= 15 is 0 Å². The van der Waals surface area contributed by atoms with Gasteiger partial charge in [-0.1, -0.05) is 31.2 Å². The molecule has 21 heavy (non-hydrogen) atoms. The monoisotopic (exact) mass is 282 g/mol. The van der Waals surface area contributed by atoms with Crippen molar-refractivity contribution in [3.8, 4) is 0 Å². The smallest absolute Gasteiger partial charge is 0.0705 e. The lowest BCUT2D eigenvalue weighted by molar-refractivity contribution is 0.424. The maximum atomic E-state index is 4.77. The highest BCUT2D eigenvalue weighted by Crippen LogP contribution is 2.34. The highest BCUT2D eigenvalue weighted by atomic mass is 14.9. The second-order valence-electron chi connectivity index (χ2n) is 6.29. The van der Waals surface area contributed by atoms with Gasteiger partial charge in [0, 0.05) is 17.1 Å². The Bertz CT molecular complexity index is 575. The zero-order valence-corrected chi connectivity index (χ0v) is 13.0. The molecule has 112 valence electrons. The standard InChI is InChI=1S/C19H26N2/c1-2-14-20-18(16-10-11-16)9-5-7-17-13-12-15-6-3-4-8-19(15)21-17/h3-4,6,8,12-13,16,18,20H,2,5,7,9-11,14H2,1H3. The van der Waals surface area contributed by atoms with Crippen molar-refractivity contribution >= 4 is 10.9 Å². The first-order chi connectivity index (χ1) is 10.4. The van der Waals surface area contributed by atoms with Gasteiger partial charge in [0.2, 0.25) is 0 Å². The zero-order chi connectivity index (χ0) is 14.5. The maximum absolute atomic E-state index is 4.77. The van der Waals surface area contributed by atoms with Gasteiger partial charge in [0.1, 0.15) is 0 Å². The van der Waals surface area contributed by atoms with Crippen LogP contribution in [-0.2, 0) is 6.42 Å². The van der Waals surface area contributed by atoms with E-state index < -0.39 is 0 Å². The average Bonchev–Trinajstić information content (AvgIpc) is 3.35. The quantitative estimate of drug-likeness (QED) is 0.779. The number of aryl methyl sites for hydroxylation is 1. The summed E-state index contributed by atoms with van der Waals surface area (Å²) < 4.78 is 0. The summed E-state index contributed by atoms with van der Waals surface area (Å²) in [5.41, 5.74) is 2.36. The van der Waals surface area contributed by atoms with Crippen molar-refractivity contribution in [2.24, 2.45) is 5.92 Å². The van der Waals surface area contributed by atoms with Crippen molar-refractivity contribution in [3.05, 3.63) is 42.1 Å². The van der Waals surface area contributed by atoms with E-state index in [1.165, 1.54) is 43.2 Å². The molecule has 1 fully saturated rings. The number of nitrogens with one attached hydrogen (secondary N) is 1. The number of hydrogen-bond acceptors (Lipinski definition) is 2. The van der Waals surface area contributed by atoms with E-state index in [1.54, 1.807) is 0 Å². The Morgan fingerprint density at radius 1 is 1.19 bits per heavy atom. The third-order valence-electron chi connectivity index (χ3n) is 4.45. The molecule has 1 aromatic heterocycles. The summed E-state index contributed by atoms with van der Waals surface area (Å²) in [5, 5.41) is 4.96. The van der Waals surface area contributed by atoms with Crippen molar-refractivity contribution in [3.63, 3.8) is 0 Å². The van der Waals surface area contributed by atoms with Crippen molar-refractivity contribution in [2.45, 2.75) is 51.5 Å². The SMILES string of the molecule is CCCNC(CCCc1ccc2ccccc2n1)C1CC1. The summed E-state index contributed by atoms with van der Waals surface area (Å²) >= 11 is 0. The van der Waals surface area contributed by atoms with Gasteiger partial charge in [-0.15, -0.1) is 0 Å². The Kier molecular flexibility index (Phi) is 4.87. The molecular formula is C19H26N2. The molecule has 0 saturated heterocycles. The normalized spacial score (nSPS) is 16.2. The van der Waals surface area contributed by atoms with Crippen LogP contribution in [0.15, 0.2) is 36.4 Å². The minimum atomic E-state index is 0.741. The summed E-state index contributed by atoms with van der Waals surface area (Å²) in [6.45, 7) is 3.41. The van der Waals surface area contributed by atoms with E-state index in [1.807, 2.05) is 0 Å². The van der Waals surface area contributed by atoms with Crippen LogP contribution in [0.5, 0.6) is 0 Å². The van der Waals surface area contributed by atoms with Gasteiger partial charge in [0.25, 0.3) is 0 Å². The summed E-state index contributed by atoms with van der Waals surface area (Å²) in [6.07, 6.45) is 7.71. The Labute approximate surface area is 128 Å². The van der Waals surface area contributed by atoms with Gasteiger partial charge in [-0.3, -0.25) is 4.98 Å². The van der Waals surface area contributed by atoms with Crippen LogP contribution in [0, 0.1) is 5.92 Å². The molecule has 1 unspecified atom stereocenters. The van der Waals surface area contributed by atoms with Crippen molar-refractivity contribution < 1.29 is 0 Å². The van der Waals surface area contributed by atoms with Gasteiger partial charge in [-0.25, -0.2) is 0 Å². The zero-order valence-electron chi connectivity index (χ0n) is 13.0. The van der Waals surface area contributed by atoms with E-state index in [0.717, 1.165) is 30.4 Å². The van der Waals surface area contributed by atoms with Crippen LogP contribution >= 0.6 is 0 Å². The number of para-hydroxylation sites is 1. The van der Waals surface area contributed by atoms with Crippen molar-refractivity contribution in [1.29, 1.82) is 0 Å². The second kappa shape index (κ2) is 7.04. The Morgan fingerprint density at radius 3 is 2.86 bits per heavy atom. The van der Waals surface area contributed by atoms with E-state index in [0.29, 0.717) is 0 Å². The molecular weight excluding hydrogens is 256 g/mol. The van der Waals surface area contributed by atoms with Crippen LogP contribution in [0.3, 0.4) is 0 Å². The van der Waals surface area contributed by atoms with Crippen LogP contribution in [0.1, 0.15) is 44.7 Å². The number of benzene rings is 1. The Balaban J connectivity index is 1.53. The van der Waals surface area contributed by atoms with Gasteiger partial charge in [0.05, 0.1) is 5.52 Å². The van der Waals surface area contributed by atoms with E-state index in [4.69, 9.17) is 4.98 Å². The fourth-order valence-corrected chi connectivity index (χ4v) is 3.08. The van der Waals surface area contributed by atoms with E-state index in [2.05, 4.69) is 48.6 Å². The molecule has 0 radical (unpaired) electrons. The Hall–Kier alpha value is -1.41. The summed E-state index contributed by atoms with van der Waals surface area (Å²) in [7, 11) is 0. The molecule has 1 aliphatic carbocycles. The van der Waals surface area contributed by atoms with Crippen LogP contribution in [0.4, 0.5) is 0 Å². The fraction of sp³-hybridized carbons (Fsp3) is 0.526. The number of pyridine rings is 1. The molecule has 1 atom stereocenters. The first kappa shape index (κ1) is 14.5. The second-order valence-corrected chi connectivity index (χ2v) is 6.29. The van der Waals surface area contributed by atoms with Gasteiger partial charge in [-0.05, 0) is 63.1 Å². The summed E-state index contributed by atoms with van der Waals surface area (Å²) in [5.74, 6) is 0.945. The predicted molar refractivity (Wildman–Crippen MR) is 89.5 cm³/mol. The molecule has 0 spiro atoms. The molecule has 1 aromatic carbocycles. The molecule has 0 bridgehead atoms. The minimum Gasteiger partial charge on any atom is -0.314 e. The maximum Gasteiger partial charge on any atom is 0.0705 e. The largest absolute Gasteiger partial charge is 0.314 e. The number of fused-ring (bicyclic) bond motifs is 1. The van der Waals surface area contributed by atoms with E-state index in [-0.39, 0.29) is 0 Å². The van der Waals surface area contributed by atoms with Crippen LogP contribution in [0.2, 0.25) is 0 Å². The number of aromatic nitrogens is 1. The van der Waals surface area contributed by atoms with Gasteiger partial charge < -0.3 is 5.32 Å². The van der Waals surface area contributed by atoms with E-state index in [9.17, 15) is 0 Å². The summed E-state index contributed by atoms with van der Waals surface area (Å²) in [6, 6.07) is 13.5. The number of nitrogens with zero attached hydrogens (tertiary/aromatic N) is 1. The molecule has 2 heteroatoms. The van der Waals surface area contributed by atoms with Crippen LogP contribution in [0.25, 0.3) is 10.9 Å². The van der Waals surface area contributed by atoms with Crippen molar-refractivity contribution in [2.75, 3.05) is 6.54 Å². The molecule has 1 saturated carbocycles. The van der Waals surface area contributed by atoms with Crippen LogP contribution < -0.4 is 5.32 Å². The molecule has 1 heterocycles. The lowest BCUT2D eigenvalue weighted by atomic mass is 10.0. The molecule has 1 N–H and O–H groups in total. The number of hydrogen-bond donors (Lipinski definition) is 1. The first-order valence-corrected chi connectivity index (χ1v) is 8.45. The fourth-order valence-electron chi connectivity index (χ4n) is 3.08. The Morgan fingerprint density at radius 2 is 2.05 bits per heavy atom. The minimum absolute atomic E-state index is 0.741. The van der Waals surface area contributed by atoms with Crippen molar-refractivity contribution in [1.82, 2.24) is 10.3 Å². The third kappa shape index (κ3) is 4.04. The summed E-state index contributed by atoms with van der Waals surface area (Å²) in [4.78, 5) is 4.77. The molecule has 2 aromatic rings. The number of rotatable bonds is 8. The lowest BCUT2D eigenvalue weighted by Crippen LogP contribution is -2.31. The van der Waals surface area contributed by atoms with Gasteiger partial charge >= 0.3 is 0 Å². The average molecular weight is 282 g/mol. The molecule has 0 amide bonds. The topological polar surface area (TPSA) is 24.9 Å². The first-order valence-electron chi connectivity index (χ1n) is 8.45. The molecule has 3 rings (SSSR count). The van der Waals surface area contributed by atoms with Gasteiger partial charge in [-0.2, -0.15) is 0 Å². The van der Waals surface area contributed by atoms with Gasteiger partial charge in [0.15, 0.2) is 0 Å². The molecule has 2 nitrogen and oxygen atoms in total. The highest BCUT2D eigenvalue weighted by Gasteiger charge is 2.29.